The zero-order chi connectivity index (χ0) is 27.7. The molecule has 1 heterocycles. The van der Waals surface area contributed by atoms with Crippen molar-refractivity contribution in [2.24, 2.45) is 17.4 Å². The highest BCUT2D eigenvalue weighted by Crippen LogP contribution is 2.20. The van der Waals surface area contributed by atoms with Gasteiger partial charge >= 0.3 is 5.97 Å². The molecule has 5 unspecified atom stereocenters. The van der Waals surface area contributed by atoms with Crippen molar-refractivity contribution < 1.29 is 34.2 Å². The van der Waals surface area contributed by atoms with Crippen molar-refractivity contribution in [1.29, 1.82) is 0 Å². The number of carbonyl (C=O) groups is 5. The average molecular weight is 520 g/mol. The summed E-state index contributed by atoms with van der Waals surface area (Å²) in [5.74, 6) is -3.83. The third-order valence-electron chi connectivity index (χ3n) is 6.68. The van der Waals surface area contributed by atoms with Crippen molar-refractivity contribution in [1.82, 2.24) is 15.5 Å². The highest BCUT2D eigenvalue weighted by atomic mass is 16.4. The molecule has 2 rings (SSSR count). The highest BCUT2D eigenvalue weighted by molar-refractivity contribution is 5.94. The Morgan fingerprint density at radius 3 is 2.27 bits per heavy atom. The van der Waals surface area contributed by atoms with E-state index >= 15 is 0 Å². The third kappa shape index (κ3) is 8.45. The summed E-state index contributed by atoms with van der Waals surface area (Å²) in [5, 5.41) is 24.3. The molecule has 0 aliphatic carbocycles. The molecular formula is C25H37N5O7. The van der Waals surface area contributed by atoms with Crippen LogP contribution in [0.4, 0.5) is 0 Å². The standard InChI is InChI=1S/C25H37N5O7/c1-3-14(2)21(27)23(34)28-17(10-11-20(26)32)22(33)29-18(13-15-6-8-16(31)9-7-15)24(35)30-12-4-5-19(30)25(36)37/h6-9,14,17-19,21,31H,3-5,10-13,27H2,1-2H3,(H2,26,32)(H,28,34)(H,29,33)(H,36,37). The van der Waals surface area contributed by atoms with E-state index in [1.807, 2.05) is 6.92 Å². The van der Waals surface area contributed by atoms with Crippen LogP contribution in [0.2, 0.25) is 0 Å². The van der Waals surface area contributed by atoms with Crippen LogP contribution in [0.5, 0.6) is 5.75 Å². The Hall–Kier alpha value is -3.67. The summed E-state index contributed by atoms with van der Waals surface area (Å²) in [6, 6.07) is 1.78. The van der Waals surface area contributed by atoms with Gasteiger partial charge in [0.2, 0.25) is 23.6 Å². The topological polar surface area (TPSA) is 205 Å². The van der Waals surface area contributed by atoms with Gasteiger partial charge in [0.25, 0.3) is 0 Å². The second-order valence-corrected chi connectivity index (χ2v) is 9.44. The second-order valence-electron chi connectivity index (χ2n) is 9.44. The van der Waals surface area contributed by atoms with Crippen LogP contribution in [0.25, 0.3) is 0 Å². The number of aliphatic carboxylic acids is 1. The van der Waals surface area contributed by atoms with Gasteiger partial charge in [0.05, 0.1) is 6.04 Å². The molecule has 0 aromatic heterocycles. The lowest BCUT2D eigenvalue weighted by atomic mass is 9.98. The molecule has 0 radical (unpaired) electrons. The predicted molar refractivity (Wildman–Crippen MR) is 134 cm³/mol. The van der Waals surface area contributed by atoms with Crippen LogP contribution in [-0.2, 0) is 30.4 Å². The van der Waals surface area contributed by atoms with Gasteiger partial charge in [-0.05, 0) is 42.9 Å². The van der Waals surface area contributed by atoms with Crippen molar-refractivity contribution in [3.05, 3.63) is 29.8 Å². The van der Waals surface area contributed by atoms with Crippen LogP contribution < -0.4 is 22.1 Å². The number of primary amides is 1. The smallest absolute Gasteiger partial charge is 0.326 e. The number of phenols is 1. The molecule has 37 heavy (non-hydrogen) atoms. The molecule has 0 bridgehead atoms. The van der Waals surface area contributed by atoms with E-state index in [4.69, 9.17) is 11.5 Å². The van der Waals surface area contributed by atoms with Crippen LogP contribution in [0.3, 0.4) is 0 Å². The number of rotatable bonds is 13. The number of nitrogens with two attached hydrogens (primary N) is 2. The maximum absolute atomic E-state index is 13.4. The first kappa shape index (κ1) is 29.6. The fourth-order valence-electron chi connectivity index (χ4n) is 4.16. The molecule has 1 aromatic carbocycles. The molecule has 4 amide bonds. The first-order valence-electron chi connectivity index (χ1n) is 12.4. The minimum atomic E-state index is -1.20. The number of hydrogen-bond acceptors (Lipinski definition) is 7. The van der Waals surface area contributed by atoms with Gasteiger partial charge in [-0.3, -0.25) is 19.2 Å². The molecule has 204 valence electrons. The number of carboxylic acids is 1. The number of carbonyl (C=O) groups excluding carboxylic acids is 4. The molecule has 1 aliphatic heterocycles. The first-order valence-corrected chi connectivity index (χ1v) is 12.4. The van der Waals surface area contributed by atoms with Gasteiger partial charge in [-0.25, -0.2) is 4.79 Å². The van der Waals surface area contributed by atoms with Crippen molar-refractivity contribution in [3.8, 4) is 5.75 Å². The Balaban J connectivity index is 2.29. The third-order valence-corrected chi connectivity index (χ3v) is 6.68. The molecule has 1 fully saturated rings. The number of hydrogen-bond donors (Lipinski definition) is 6. The minimum absolute atomic E-state index is 0.0105. The molecule has 1 aromatic rings. The van der Waals surface area contributed by atoms with E-state index in [9.17, 15) is 34.2 Å². The van der Waals surface area contributed by atoms with Crippen molar-refractivity contribution in [2.75, 3.05) is 6.54 Å². The summed E-state index contributed by atoms with van der Waals surface area (Å²) in [7, 11) is 0. The summed E-state index contributed by atoms with van der Waals surface area (Å²) in [6.07, 6.45) is 1.15. The first-order chi connectivity index (χ1) is 17.4. The molecule has 12 heteroatoms. The van der Waals surface area contributed by atoms with Crippen LogP contribution in [0, 0.1) is 5.92 Å². The quantitative estimate of drug-likeness (QED) is 0.202. The van der Waals surface area contributed by atoms with Gasteiger partial charge in [0.15, 0.2) is 0 Å². The molecule has 1 saturated heterocycles. The van der Waals surface area contributed by atoms with Gasteiger partial charge in [0.1, 0.15) is 23.9 Å². The van der Waals surface area contributed by atoms with E-state index in [2.05, 4.69) is 10.6 Å². The van der Waals surface area contributed by atoms with Gasteiger partial charge in [-0.2, -0.15) is 0 Å². The Morgan fingerprint density at radius 2 is 1.70 bits per heavy atom. The maximum atomic E-state index is 13.4. The molecule has 12 nitrogen and oxygen atoms in total. The van der Waals surface area contributed by atoms with Gasteiger partial charge in [0, 0.05) is 19.4 Å². The zero-order valence-electron chi connectivity index (χ0n) is 21.2. The average Bonchev–Trinajstić information content (AvgIpc) is 3.36. The lowest BCUT2D eigenvalue weighted by Crippen LogP contribution is -2.58. The fraction of sp³-hybridized carbons (Fsp3) is 0.560. The van der Waals surface area contributed by atoms with Crippen LogP contribution in [0.15, 0.2) is 24.3 Å². The Bertz CT molecular complexity index is 984. The van der Waals surface area contributed by atoms with Crippen LogP contribution >= 0.6 is 0 Å². The van der Waals surface area contributed by atoms with Crippen molar-refractivity contribution in [3.63, 3.8) is 0 Å². The number of benzene rings is 1. The molecule has 0 saturated carbocycles. The lowest BCUT2D eigenvalue weighted by molar-refractivity contribution is -0.149. The summed E-state index contributed by atoms with van der Waals surface area (Å²) in [6.45, 7) is 3.89. The number of nitrogens with one attached hydrogen (secondary N) is 2. The summed E-state index contributed by atoms with van der Waals surface area (Å²) >= 11 is 0. The summed E-state index contributed by atoms with van der Waals surface area (Å²) in [4.78, 5) is 63.7. The van der Waals surface area contributed by atoms with E-state index in [1.165, 1.54) is 17.0 Å². The number of nitrogens with zero attached hydrogens (tertiary/aromatic N) is 1. The van der Waals surface area contributed by atoms with Gasteiger partial charge in [-0.1, -0.05) is 32.4 Å². The second kappa shape index (κ2) is 13.6. The molecule has 0 spiro atoms. The van der Waals surface area contributed by atoms with E-state index in [1.54, 1.807) is 19.1 Å². The normalized spacial score (nSPS) is 18.4. The van der Waals surface area contributed by atoms with E-state index in [0.717, 1.165) is 0 Å². The Morgan fingerprint density at radius 1 is 1.08 bits per heavy atom. The van der Waals surface area contributed by atoms with E-state index < -0.39 is 53.8 Å². The largest absolute Gasteiger partial charge is 0.508 e. The lowest BCUT2D eigenvalue weighted by Gasteiger charge is -2.29. The predicted octanol–water partition coefficient (Wildman–Crippen LogP) is -0.381. The highest BCUT2D eigenvalue weighted by Gasteiger charge is 2.38. The number of carboxylic acid groups (broad SMARTS) is 1. The molecule has 1 aliphatic rings. The Kier molecular flexibility index (Phi) is 10.9. The van der Waals surface area contributed by atoms with Gasteiger partial charge < -0.3 is 37.2 Å². The zero-order valence-corrected chi connectivity index (χ0v) is 21.2. The van der Waals surface area contributed by atoms with E-state index in [0.29, 0.717) is 24.8 Å². The summed E-state index contributed by atoms with van der Waals surface area (Å²) < 4.78 is 0. The minimum Gasteiger partial charge on any atom is -0.508 e. The molecule has 8 N–H and O–H groups in total. The van der Waals surface area contributed by atoms with Crippen LogP contribution in [-0.4, -0.2) is 75.4 Å². The Labute approximate surface area is 215 Å². The van der Waals surface area contributed by atoms with Crippen molar-refractivity contribution in [2.45, 2.75) is 76.5 Å². The SMILES string of the molecule is CCC(C)C(N)C(=O)NC(CCC(N)=O)C(=O)NC(Cc1ccc(O)cc1)C(=O)N1CCCC1C(=O)O. The molecular weight excluding hydrogens is 482 g/mol. The fourth-order valence-corrected chi connectivity index (χ4v) is 4.16. The number of likely N-dealkylation sites (tertiary alicyclic amines) is 1. The number of aromatic hydroxyl groups is 1. The monoisotopic (exact) mass is 519 g/mol. The maximum Gasteiger partial charge on any atom is 0.326 e. The number of phenolic OH excluding ortho intramolecular Hbond substituents is 1. The molecule has 5 atom stereocenters. The van der Waals surface area contributed by atoms with Crippen molar-refractivity contribution >= 4 is 29.6 Å². The summed E-state index contributed by atoms with van der Waals surface area (Å²) in [5.41, 5.74) is 11.9. The number of amides is 4. The van der Waals surface area contributed by atoms with E-state index in [-0.39, 0.29) is 37.5 Å². The van der Waals surface area contributed by atoms with Crippen LogP contribution in [0.1, 0.15) is 51.5 Å². The van der Waals surface area contributed by atoms with Gasteiger partial charge in [-0.15, -0.1) is 0 Å².